The number of fused-ring (bicyclic) bond motifs is 1. The average molecular weight is 280 g/mol. The lowest BCUT2D eigenvalue weighted by atomic mass is 10.2. The Morgan fingerprint density at radius 1 is 1.32 bits per heavy atom. The summed E-state index contributed by atoms with van der Waals surface area (Å²) in [5.74, 6) is 0. The van der Waals surface area contributed by atoms with Crippen molar-refractivity contribution in [1.29, 1.82) is 0 Å². The monoisotopic (exact) mass is 280 g/mol. The number of sulfonamides is 1. The standard InChI is InChI=1S/C13H16N2O3S/c1-10(16)9-15(2)19(17,18)13-7-3-6-12-11(13)5-4-8-14-12/h3-8,10,16H,9H2,1-2H3. The molecular formula is C13H16N2O3S. The molecule has 1 aromatic heterocycles. The Balaban J connectivity index is 2.55. The number of hydrogen-bond acceptors (Lipinski definition) is 4. The minimum Gasteiger partial charge on any atom is -0.392 e. The van der Waals surface area contributed by atoms with Crippen LogP contribution in [0.5, 0.6) is 0 Å². The third-order valence-electron chi connectivity index (χ3n) is 2.82. The van der Waals surface area contributed by atoms with E-state index in [0.717, 1.165) is 4.31 Å². The highest BCUT2D eigenvalue weighted by atomic mass is 32.2. The van der Waals surface area contributed by atoms with Crippen LogP contribution >= 0.6 is 0 Å². The number of rotatable bonds is 4. The van der Waals surface area contributed by atoms with Gasteiger partial charge < -0.3 is 5.11 Å². The van der Waals surface area contributed by atoms with E-state index in [1.807, 2.05) is 0 Å². The van der Waals surface area contributed by atoms with Gasteiger partial charge in [-0.05, 0) is 31.2 Å². The molecule has 0 bridgehead atoms. The minimum atomic E-state index is -3.63. The Hall–Kier alpha value is -1.50. The number of pyridine rings is 1. The largest absolute Gasteiger partial charge is 0.392 e. The summed E-state index contributed by atoms with van der Waals surface area (Å²) >= 11 is 0. The van der Waals surface area contributed by atoms with Gasteiger partial charge in [-0.15, -0.1) is 0 Å². The molecule has 1 atom stereocenters. The summed E-state index contributed by atoms with van der Waals surface area (Å²) in [5, 5.41) is 9.91. The van der Waals surface area contributed by atoms with Crippen molar-refractivity contribution >= 4 is 20.9 Å². The first-order valence-corrected chi connectivity index (χ1v) is 7.35. The molecule has 2 rings (SSSR count). The smallest absolute Gasteiger partial charge is 0.243 e. The quantitative estimate of drug-likeness (QED) is 0.914. The molecule has 0 aliphatic rings. The van der Waals surface area contributed by atoms with E-state index < -0.39 is 16.1 Å². The Kier molecular flexibility index (Phi) is 3.84. The van der Waals surface area contributed by atoms with Crippen LogP contribution in [0.4, 0.5) is 0 Å². The molecule has 0 aliphatic heterocycles. The molecule has 102 valence electrons. The van der Waals surface area contributed by atoms with Gasteiger partial charge in [0.1, 0.15) is 0 Å². The van der Waals surface area contributed by atoms with E-state index in [1.54, 1.807) is 43.5 Å². The van der Waals surface area contributed by atoms with Crippen molar-refractivity contribution < 1.29 is 13.5 Å². The molecule has 1 heterocycles. The maximum absolute atomic E-state index is 12.5. The second kappa shape index (κ2) is 5.24. The van der Waals surface area contributed by atoms with Gasteiger partial charge >= 0.3 is 0 Å². The summed E-state index contributed by atoms with van der Waals surface area (Å²) < 4.78 is 26.1. The summed E-state index contributed by atoms with van der Waals surface area (Å²) in [7, 11) is -2.17. The zero-order valence-corrected chi connectivity index (χ0v) is 11.6. The van der Waals surface area contributed by atoms with Crippen LogP contribution in [0.1, 0.15) is 6.92 Å². The first kappa shape index (κ1) is 13.9. The fourth-order valence-electron chi connectivity index (χ4n) is 1.94. The zero-order chi connectivity index (χ0) is 14.0. The highest BCUT2D eigenvalue weighted by Crippen LogP contribution is 2.23. The van der Waals surface area contributed by atoms with Crippen LogP contribution in [-0.2, 0) is 10.0 Å². The van der Waals surface area contributed by atoms with Gasteiger partial charge in [0.2, 0.25) is 10.0 Å². The number of hydrogen-bond donors (Lipinski definition) is 1. The Morgan fingerprint density at radius 2 is 2.05 bits per heavy atom. The first-order valence-electron chi connectivity index (χ1n) is 5.91. The van der Waals surface area contributed by atoms with E-state index in [0.29, 0.717) is 10.9 Å². The lowest BCUT2D eigenvalue weighted by molar-refractivity contribution is 0.171. The third kappa shape index (κ3) is 2.75. The Bertz CT molecular complexity index is 678. The molecule has 0 radical (unpaired) electrons. The maximum atomic E-state index is 12.5. The molecule has 6 heteroatoms. The van der Waals surface area contributed by atoms with Crippen molar-refractivity contribution in [2.24, 2.45) is 0 Å². The normalized spacial score (nSPS) is 13.9. The summed E-state index contributed by atoms with van der Waals surface area (Å²) in [6.45, 7) is 1.61. The fourth-order valence-corrected chi connectivity index (χ4v) is 3.39. The van der Waals surface area contributed by atoms with E-state index in [1.165, 1.54) is 7.05 Å². The van der Waals surface area contributed by atoms with Gasteiger partial charge in [-0.3, -0.25) is 4.98 Å². The molecule has 0 aliphatic carbocycles. The van der Waals surface area contributed by atoms with E-state index in [9.17, 15) is 13.5 Å². The number of aliphatic hydroxyl groups is 1. The van der Waals surface area contributed by atoms with E-state index in [4.69, 9.17) is 0 Å². The second-order valence-electron chi connectivity index (χ2n) is 4.46. The van der Waals surface area contributed by atoms with Crippen LogP contribution in [0.15, 0.2) is 41.4 Å². The van der Waals surface area contributed by atoms with Gasteiger partial charge in [0.15, 0.2) is 0 Å². The van der Waals surface area contributed by atoms with Gasteiger partial charge in [-0.2, -0.15) is 4.31 Å². The van der Waals surface area contributed by atoms with Gasteiger partial charge in [0.05, 0.1) is 16.5 Å². The van der Waals surface area contributed by atoms with Crippen LogP contribution in [0.2, 0.25) is 0 Å². The molecule has 1 N–H and O–H groups in total. The summed E-state index contributed by atoms with van der Waals surface area (Å²) in [5.41, 5.74) is 0.633. The van der Waals surface area contributed by atoms with Crippen LogP contribution in [0.3, 0.4) is 0 Å². The molecule has 0 saturated carbocycles. The molecule has 1 aromatic carbocycles. The van der Waals surface area contributed by atoms with E-state index in [2.05, 4.69) is 4.98 Å². The Morgan fingerprint density at radius 3 is 2.74 bits per heavy atom. The second-order valence-corrected chi connectivity index (χ2v) is 6.47. The lowest BCUT2D eigenvalue weighted by Gasteiger charge is -2.19. The van der Waals surface area contributed by atoms with Crippen molar-refractivity contribution in [2.75, 3.05) is 13.6 Å². The number of nitrogens with zero attached hydrogens (tertiary/aromatic N) is 2. The van der Waals surface area contributed by atoms with Crippen molar-refractivity contribution in [2.45, 2.75) is 17.9 Å². The lowest BCUT2D eigenvalue weighted by Crippen LogP contribution is -2.33. The van der Waals surface area contributed by atoms with Crippen LogP contribution < -0.4 is 0 Å². The predicted molar refractivity (Wildman–Crippen MR) is 73.2 cm³/mol. The molecule has 0 saturated heterocycles. The number of aromatic nitrogens is 1. The van der Waals surface area contributed by atoms with Crippen LogP contribution in [0.25, 0.3) is 10.9 Å². The predicted octanol–water partition coefficient (Wildman–Crippen LogP) is 1.24. The van der Waals surface area contributed by atoms with Gasteiger partial charge in [-0.1, -0.05) is 6.07 Å². The molecule has 0 amide bonds. The minimum absolute atomic E-state index is 0.0545. The van der Waals surface area contributed by atoms with Gasteiger partial charge in [0, 0.05) is 25.2 Å². The first-order chi connectivity index (χ1) is 8.93. The average Bonchev–Trinajstić information content (AvgIpc) is 2.37. The zero-order valence-electron chi connectivity index (χ0n) is 10.8. The molecule has 1 unspecified atom stereocenters. The number of aliphatic hydroxyl groups excluding tert-OH is 1. The number of likely N-dealkylation sites (N-methyl/N-ethyl adjacent to an activating group) is 1. The maximum Gasteiger partial charge on any atom is 0.243 e. The summed E-state index contributed by atoms with van der Waals surface area (Å²) in [6, 6.07) is 8.42. The van der Waals surface area contributed by atoms with Crippen molar-refractivity contribution in [3.63, 3.8) is 0 Å². The van der Waals surface area contributed by atoms with E-state index in [-0.39, 0.29) is 11.4 Å². The fraction of sp³-hybridized carbons (Fsp3) is 0.308. The highest BCUT2D eigenvalue weighted by molar-refractivity contribution is 7.89. The molecular weight excluding hydrogens is 264 g/mol. The van der Waals surface area contributed by atoms with Crippen molar-refractivity contribution in [3.8, 4) is 0 Å². The molecule has 2 aromatic rings. The molecule has 5 nitrogen and oxygen atoms in total. The van der Waals surface area contributed by atoms with Crippen molar-refractivity contribution in [3.05, 3.63) is 36.5 Å². The summed E-state index contributed by atoms with van der Waals surface area (Å²) in [6.07, 6.45) is 0.908. The summed E-state index contributed by atoms with van der Waals surface area (Å²) in [4.78, 5) is 4.35. The number of benzene rings is 1. The molecule has 19 heavy (non-hydrogen) atoms. The third-order valence-corrected chi connectivity index (χ3v) is 4.70. The van der Waals surface area contributed by atoms with Gasteiger partial charge in [-0.25, -0.2) is 8.42 Å². The van der Waals surface area contributed by atoms with Gasteiger partial charge in [0.25, 0.3) is 0 Å². The van der Waals surface area contributed by atoms with Crippen LogP contribution in [-0.4, -0.2) is 42.5 Å². The Labute approximate surface area is 112 Å². The van der Waals surface area contributed by atoms with Crippen LogP contribution in [0, 0.1) is 0 Å². The highest BCUT2D eigenvalue weighted by Gasteiger charge is 2.23. The molecule has 0 spiro atoms. The molecule has 0 fully saturated rings. The SMILES string of the molecule is CC(O)CN(C)S(=O)(=O)c1cccc2ncccc12. The topological polar surface area (TPSA) is 70.5 Å². The van der Waals surface area contributed by atoms with E-state index >= 15 is 0 Å². The van der Waals surface area contributed by atoms with Crippen molar-refractivity contribution in [1.82, 2.24) is 9.29 Å².